The molecule has 0 saturated heterocycles. The Balaban J connectivity index is 2.88. The molecule has 0 aliphatic carbocycles. The second-order valence-electron chi connectivity index (χ2n) is 2.03. The topological polar surface area (TPSA) is 40.5 Å². The predicted octanol–water partition coefficient (Wildman–Crippen LogP) is 0.749. The van der Waals surface area contributed by atoms with E-state index < -0.39 is 6.10 Å². The highest BCUT2D eigenvalue weighted by molar-refractivity contribution is 6.18. The van der Waals surface area contributed by atoms with E-state index in [1.165, 1.54) is 0 Å². The molecule has 0 fully saturated rings. The molecule has 0 aliphatic rings. The lowest BCUT2D eigenvalue weighted by Gasteiger charge is -2.03. The van der Waals surface area contributed by atoms with E-state index in [-0.39, 0.29) is 6.61 Å². The standard InChI is InChI=1S/C6H13ClO2/c7-5-6(9)3-1-2-4-8/h6,8-9H,1-5H2. The van der Waals surface area contributed by atoms with Crippen molar-refractivity contribution in [3.05, 3.63) is 0 Å². The highest BCUT2D eigenvalue weighted by Gasteiger charge is 1.99. The summed E-state index contributed by atoms with van der Waals surface area (Å²) < 4.78 is 0. The molecule has 0 aromatic rings. The van der Waals surface area contributed by atoms with Gasteiger partial charge in [0.2, 0.25) is 0 Å². The molecule has 0 heterocycles. The molecule has 0 spiro atoms. The summed E-state index contributed by atoms with van der Waals surface area (Å²) >= 11 is 5.32. The van der Waals surface area contributed by atoms with Crippen LogP contribution in [-0.4, -0.2) is 28.8 Å². The second kappa shape index (κ2) is 6.33. The zero-order valence-corrected chi connectivity index (χ0v) is 6.14. The molecule has 3 heteroatoms. The van der Waals surface area contributed by atoms with Crippen molar-refractivity contribution >= 4 is 11.6 Å². The van der Waals surface area contributed by atoms with Crippen LogP contribution in [0.3, 0.4) is 0 Å². The third-order valence-electron chi connectivity index (χ3n) is 1.12. The number of hydrogen-bond donors (Lipinski definition) is 2. The fraction of sp³-hybridized carbons (Fsp3) is 1.00. The lowest BCUT2D eigenvalue weighted by atomic mass is 10.2. The molecule has 0 bridgehead atoms. The summed E-state index contributed by atoms with van der Waals surface area (Å²) in [6.07, 6.45) is 1.92. The summed E-state index contributed by atoms with van der Waals surface area (Å²) in [6.45, 7) is 0.203. The van der Waals surface area contributed by atoms with Gasteiger partial charge in [-0.3, -0.25) is 0 Å². The Kier molecular flexibility index (Phi) is 6.48. The van der Waals surface area contributed by atoms with Crippen LogP contribution in [0.2, 0.25) is 0 Å². The normalized spacial score (nSPS) is 13.7. The summed E-state index contributed by atoms with van der Waals surface area (Å²) in [4.78, 5) is 0. The minimum absolute atomic E-state index is 0.203. The van der Waals surface area contributed by atoms with Crippen molar-refractivity contribution in [2.45, 2.75) is 25.4 Å². The number of hydrogen-bond acceptors (Lipinski definition) is 2. The highest BCUT2D eigenvalue weighted by atomic mass is 35.5. The maximum atomic E-state index is 8.87. The van der Waals surface area contributed by atoms with E-state index >= 15 is 0 Å². The Morgan fingerprint density at radius 3 is 2.44 bits per heavy atom. The number of alkyl halides is 1. The monoisotopic (exact) mass is 152 g/mol. The Labute approximate surface area is 60.5 Å². The number of aliphatic hydroxyl groups is 2. The van der Waals surface area contributed by atoms with Crippen LogP contribution in [0.5, 0.6) is 0 Å². The molecule has 0 saturated carbocycles. The molecule has 2 nitrogen and oxygen atoms in total. The first-order valence-electron chi connectivity index (χ1n) is 3.16. The molecule has 0 rings (SSSR count). The summed E-state index contributed by atoms with van der Waals surface area (Å²) in [6, 6.07) is 0. The van der Waals surface area contributed by atoms with Crippen molar-refractivity contribution < 1.29 is 10.2 Å². The molecule has 0 radical (unpaired) electrons. The van der Waals surface area contributed by atoms with E-state index in [1.807, 2.05) is 0 Å². The largest absolute Gasteiger partial charge is 0.396 e. The molecule has 1 unspecified atom stereocenters. The van der Waals surface area contributed by atoms with Crippen LogP contribution in [0.4, 0.5) is 0 Å². The minimum Gasteiger partial charge on any atom is -0.396 e. The van der Waals surface area contributed by atoms with Gasteiger partial charge in [-0.1, -0.05) is 0 Å². The maximum absolute atomic E-state index is 8.87. The van der Waals surface area contributed by atoms with E-state index in [2.05, 4.69) is 0 Å². The third kappa shape index (κ3) is 6.09. The predicted molar refractivity (Wildman–Crippen MR) is 37.7 cm³/mol. The van der Waals surface area contributed by atoms with Gasteiger partial charge in [-0.2, -0.15) is 0 Å². The van der Waals surface area contributed by atoms with Gasteiger partial charge in [0.05, 0.1) is 6.10 Å². The van der Waals surface area contributed by atoms with Gasteiger partial charge >= 0.3 is 0 Å². The molecule has 0 aromatic carbocycles. The maximum Gasteiger partial charge on any atom is 0.0675 e. The SMILES string of the molecule is OCCCCC(O)CCl. The summed E-state index contributed by atoms with van der Waals surface area (Å²) in [5, 5.41) is 17.2. The average molecular weight is 153 g/mol. The van der Waals surface area contributed by atoms with Crippen LogP contribution in [0.1, 0.15) is 19.3 Å². The van der Waals surface area contributed by atoms with E-state index in [0.717, 1.165) is 12.8 Å². The minimum atomic E-state index is -0.391. The van der Waals surface area contributed by atoms with Gasteiger partial charge in [-0.25, -0.2) is 0 Å². The summed E-state index contributed by atoms with van der Waals surface area (Å²) in [7, 11) is 0. The van der Waals surface area contributed by atoms with Crippen LogP contribution in [0, 0.1) is 0 Å². The summed E-state index contributed by atoms with van der Waals surface area (Å²) in [5.41, 5.74) is 0. The van der Waals surface area contributed by atoms with E-state index in [0.29, 0.717) is 12.3 Å². The number of aliphatic hydroxyl groups excluding tert-OH is 2. The molecule has 9 heavy (non-hydrogen) atoms. The lowest BCUT2D eigenvalue weighted by Crippen LogP contribution is -2.07. The first-order chi connectivity index (χ1) is 4.31. The zero-order valence-electron chi connectivity index (χ0n) is 5.39. The molecule has 0 aromatic heterocycles. The third-order valence-corrected chi connectivity index (χ3v) is 1.48. The fourth-order valence-corrected chi connectivity index (χ4v) is 0.723. The van der Waals surface area contributed by atoms with E-state index in [4.69, 9.17) is 21.8 Å². The van der Waals surface area contributed by atoms with Crippen LogP contribution in [0.25, 0.3) is 0 Å². The molecule has 0 aliphatic heterocycles. The molecule has 0 amide bonds. The number of unbranched alkanes of at least 4 members (excludes halogenated alkanes) is 1. The van der Waals surface area contributed by atoms with Gasteiger partial charge in [0.15, 0.2) is 0 Å². The van der Waals surface area contributed by atoms with Gasteiger partial charge < -0.3 is 10.2 Å². The summed E-state index contributed by atoms with van der Waals surface area (Å²) in [5.74, 6) is 0.297. The van der Waals surface area contributed by atoms with Gasteiger partial charge in [-0.05, 0) is 19.3 Å². The second-order valence-corrected chi connectivity index (χ2v) is 2.34. The van der Waals surface area contributed by atoms with Gasteiger partial charge in [0.1, 0.15) is 0 Å². The first kappa shape index (κ1) is 9.21. The van der Waals surface area contributed by atoms with Gasteiger partial charge in [0, 0.05) is 12.5 Å². The molecular weight excluding hydrogens is 140 g/mol. The Bertz CT molecular complexity index is 59.0. The van der Waals surface area contributed by atoms with Crippen molar-refractivity contribution in [3.63, 3.8) is 0 Å². The Morgan fingerprint density at radius 2 is 2.00 bits per heavy atom. The Hall–Kier alpha value is 0.210. The fourth-order valence-electron chi connectivity index (χ4n) is 0.569. The Morgan fingerprint density at radius 1 is 1.33 bits per heavy atom. The molecule has 56 valence electrons. The van der Waals surface area contributed by atoms with Crippen LogP contribution < -0.4 is 0 Å². The number of rotatable bonds is 5. The molecule has 2 N–H and O–H groups in total. The van der Waals surface area contributed by atoms with Crippen LogP contribution >= 0.6 is 11.6 Å². The average Bonchev–Trinajstić information content (AvgIpc) is 1.89. The quantitative estimate of drug-likeness (QED) is 0.451. The highest BCUT2D eigenvalue weighted by Crippen LogP contribution is 2.00. The molecular formula is C6H13ClO2. The van der Waals surface area contributed by atoms with Crippen molar-refractivity contribution in [1.29, 1.82) is 0 Å². The van der Waals surface area contributed by atoms with Crippen molar-refractivity contribution in [1.82, 2.24) is 0 Å². The lowest BCUT2D eigenvalue weighted by molar-refractivity contribution is 0.178. The smallest absolute Gasteiger partial charge is 0.0675 e. The molecule has 1 atom stereocenters. The first-order valence-corrected chi connectivity index (χ1v) is 3.69. The van der Waals surface area contributed by atoms with Crippen LogP contribution in [0.15, 0.2) is 0 Å². The van der Waals surface area contributed by atoms with Crippen molar-refractivity contribution in [2.75, 3.05) is 12.5 Å². The van der Waals surface area contributed by atoms with Gasteiger partial charge in [-0.15, -0.1) is 11.6 Å². The van der Waals surface area contributed by atoms with E-state index in [1.54, 1.807) is 0 Å². The van der Waals surface area contributed by atoms with Crippen molar-refractivity contribution in [2.24, 2.45) is 0 Å². The zero-order chi connectivity index (χ0) is 7.11. The van der Waals surface area contributed by atoms with Crippen LogP contribution in [-0.2, 0) is 0 Å². The number of halogens is 1. The van der Waals surface area contributed by atoms with Crippen molar-refractivity contribution in [3.8, 4) is 0 Å². The van der Waals surface area contributed by atoms with E-state index in [9.17, 15) is 0 Å². The van der Waals surface area contributed by atoms with Gasteiger partial charge in [0.25, 0.3) is 0 Å².